The fourth-order valence-electron chi connectivity index (χ4n) is 0.769. The van der Waals surface area contributed by atoms with Crippen LogP contribution >= 0.6 is 0 Å². The van der Waals surface area contributed by atoms with E-state index in [2.05, 4.69) is 15.7 Å². The van der Waals surface area contributed by atoms with E-state index in [1.54, 1.807) is 11.7 Å². The molecule has 0 fully saturated rings. The van der Waals surface area contributed by atoms with Crippen LogP contribution in [-0.4, -0.2) is 29.3 Å². The van der Waals surface area contributed by atoms with Gasteiger partial charge in [0.15, 0.2) is 0 Å². The van der Waals surface area contributed by atoms with Crippen LogP contribution in [0.15, 0.2) is 12.3 Å². The zero-order chi connectivity index (χ0) is 8.97. The average molecular weight is 168 g/mol. The molecule has 66 valence electrons. The van der Waals surface area contributed by atoms with Crippen LogP contribution in [0.1, 0.15) is 0 Å². The molecule has 0 aliphatic rings. The van der Waals surface area contributed by atoms with E-state index in [0.29, 0.717) is 5.82 Å². The monoisotopic (exact) mass is 168 g/mol. The number of hydrogen-bond donors (Lipinski definition) is 2. The summed E-state index contributed by atoms with van der Waals surface area (Å²) in [6, 6.07) is 1.81. The van der Waals surface area contributed by atoms with Crippen LogP contribution in [0, 0.1) is 0 Å². The number of anilines is 1. The number of likely N-dealkylation sites (N-methyl/N-ethyl adjacent to an activating group) is 1. The van der Waals surface area contributed by atoms with Crippen molar-refractivity contribution in [1.82, 2.24) is 15.1 Å². The Bertz CT molecular complexity index is 268. The van der Waals surface area contributed by atoms with Gasteiger partial charge in [-0.3, -0.25) is 9.48 Å². The summed E-state index contributed by atoms with van der Waals surface area (Å²) in [5, 5.41) is 9.42. The molecule has 0 aliphatic carbocycles. The van der Waals surface area contributed by atoms with Gasteiger partial charge in [0.25, 0.3) is 0 Å². The first-order chi connectivity index (χ1) is 5.72. The predicted octanol–water partition coefficient (Wildman–Crippen LogP) is -0.422. The molecule has 5 nitrogen and oxygen atoms in total. The molecule has 1 amide bonds. The molecule has 0 saturated carbocycles. The number of nitrogens with one attached hydrogen (secondary N) is 2. The SMILES string of the molecule is CNC(=O)CNc1ccn(C)n1. The molecule has 1 heterocycles. The van der Waals surface area contributed by atoms with Gasteiger partial charge in [0.2, 0.25) is 5.91 Å². The first-order valence-electron chi connectivity index (χ1n) is 3.66. The highest BCUT2D eigenvalue weighted by Crippen LogP contribution is 1.98. The molecule has 5 heteroatoms. The number of aromatic nitrogens is 2. The third kappa shape index (κ3) is 2.26. The van der Waals surface area contributed by atoms with Gasteiger partial charge in [0, 0.05) is 26.4 Å². The van der Waals surface area contributed by atoms with Crippen LogP contribution in [0.25, 0.3) is 0 Å². The summed E-state index contributed by atoms with van der Waals surface area (Å²) in [4.78, 5) is 10.8. The Labute approximate surface area is 70.8 Å². The number of carbonyl (C=O) groups excluding carboxylic acids is 1. The number of nitrogens with zero attached hydrogens (tertiary/aromatic N) is 2. The van der Waals surface area contributed by atoms with Crippen LogP contribution in [0.5, 0.6) is 0 Å². The molecule has 1 rings (SSSR count). The van der Waals surface area contributed by atoms with Gasteiger partial charge >= 0.3 is 0 Å². The molecule has 0 bridgehead atoms. The lowest BCUT2D eigenvalue weighted by atomic mass is 10.5. The highest BCUT2D eigenvalue weighted by molar-refractivity contribution is 5.79. The number of hydrogen-bond acceptors (Lipinski definition) is 3. The minimum atomic E-state index is -0.0550. The maximum Gasteiger partial charge on any atom is 0.239 e. The van der Waals surface area contributed by atoms with Crippen molar-refractivity contribution in [2.45, 2.75) is 0 Å². The Morgan fingerprint density at radius 1 is 1.75 bits per heavy atom. The number of rotatable bonds is 3. The zero-order valence-corrected chi connectivity index (χ0v) is 7.16. The lowest BCUT2D eigenvalue weighted by Gasteiger charge is -2.00. The van der Waals surface area contributed by atoms with Crippen LogP contribution in [0.2, 0.25) is 0 Å². The second-order valence-electron chi connectivity index (χ2n) is 2.40. The van der Waals surface area contributed by atoms with E-state index in [0.717, 1.165) is 0 Å². The van der Waals surface area contributed by atoms with E-state index in [4.69, 9.17) is 0 Å². The van der Waals surface area contributed by atoms with E-state index in [-0.39, 0.29) is 12.5 Å². The van der Waals surface area contributed by atoms with Gasteiger partial charge in [-0.1, -0.05) is 0 Å². The first kappa shape index (κ1) is 8.58. The molecule has 2 N–H and O–H groups in total. The molecule has 0 radical (unpaired) electrons. The molecule has 0 saturated heterocycles. The minimum absolute atomic E-state index is 0.0550. The van der Waals surface area contributed by atoms with Crippen molar-refractivity contribution in [3.63, 3.8) is 0 Å². The Morgan fingerprint density at radius 3 is 3.00 bits per heavy atom. The lowest BCUT2D eigenvalue weighted by Crippen LogP contribution is -2.26. The molecule has 0 atom stereocenters. The maximum absolute atomic E-state index is 10.8. The van der Waals surface area contributed by atoms with Crippen molar-refractivity contribution in [1.29, 1.82) is 0 Å². The van der Waals surface area contributed by atoms with Gasteiger partial charge in [0.05, 0.1) is 6.54 Å². The molecule has 1 aromatic rings. The quantitative estimate of drug-likeness (QED) is 0.644. The van der Waals surface area contributed by atoms with Gasteiger partial charge in [-0.25, -0.2) is 0 Å². The Balaban J connectivity index is 2.38. The van der Waals surface area contributed by atoms with E-state index in [1.165, 1.54) is 0 Å². The van der Waals surface area contributed by atoms with Gasteiger partial charge in [-0.2, -0.15) is 5.10 Å². The predicted molar refractivity (Wildman–Crippen MR) is 45.8 cm³/mol. The average Bonchev–Trinajstić information content (AvgIpc) is 2.47. The minimum Gasteiger partial charge on any atom is -0.360 e. The van der Waals surface area contributed by atoms with E-state index in [9.17, 15) is 4.79 Å². The number of aryl methyl sites for hydroxylation is 1. The zero-order valence-electron chi connectivity index (χ0n) is 7.16. The van der Waals surface area contributed by atoms with Crippen LogP contribution in [0.4, 0.5) is 5.82 Å². The van der Waals surface area contributed by atoms with Gasteiger partial charge in [-0.05, 0) is 0 Å². The summed E-state index contributed by atoms with van der Waals surface area (Å²) < 4.78 is 1.67. The Kier molecular flexibility index (Phi) is 2.68. The van der Waals surface area contributed by atoms with Crippen LogP contribution in [0.3, 0.4) is 0 Å². The summed E-state index contributed by atoms with van der Waals surface area (Å²) in [7, 11) is 3.42. The molecular formula is C7H12N4O. The summed E-state index contributed by atoms with van der Waals surface area (Å²) >= 11 is 0. The topological polar surface area (TPSA) is 59.0 Å². The van der Waals surface area contributed by atoms with E-state index < -0.39 is 0 Å². The Hall–Kier alpha value is -1.52. The fourth-order valence-corrected chi connectivity index (χ4v) is 0.769. The third-order valence-corrected chi connectivity index (χ3v) is 1.42. The van der Waals surface area contributed by atoms with Crippen LogP contribution < -0.4 is 10.6 Å². The first-order valence-corrected chi connectivity index (χ1v) is 3.66. The summed E-state index contributed by atoms with van der Waals surface area (Å²) in [5.41, 5.74) is 0. The van der Waals surface area contributed by atoms with E-state index in [1.807, 2.05) is 19.3 Å². The van der Waals surface area contributed by atoms with Gasteiger partial charge in [0.1, 0.15) is 5.82 Å². The van der Waals surface area contributed by atoms with Crippen molar-refractivity contribution in [3.8, 4) is 0 Å². The summed E-state index contributed by atoms with van der Waals surface area (Å²) in [6.45, 7) is 0.257. The molecule has 0 spiro atoms. The number of amides is 1. The summed E-state index contributed by atoms with van der Waals surface area (Å²) in [6.07, 6.45) is 1.81. The molecule has 0 unspecified atom stereocenters. The standard InChI is InChI=1S/C7H12N4O/c1-8-7(12)5-9-6-3-4-11(2)10-6/h3-4H,5H2,1-2H3,(H,8,12)(H,9,10). The van der Waals surface area contributed by atoms with Crippen molar-refractivity contribution < 1.29 is 4.79 Å². The van der Waals surface area contributed by atoms with Crippen molar-refractivity contribution in [3.05, 3.63) is 12.3 Å². The molecule has 12 heavy (non-hydrogen) atoms. The Morgan fingerprint density at radius 2 is 2.50 bits per heavy atom. The second kappa shape index (κ2) is 3.75. The fraction of sp³-hybridized carbons (Fsp3) is 0.429. The molecule has 0 aromatic carbocycles. The smallest absolute Gasteiger partial charge is 0.239 e. The third-order valence-electron chi connectivity index (χ3n) is 1.42. The van der Waals surface area contributed by atoms with Crippen molar-refractivity contribution in [2.75, 3.05) is 18.9 Å². The van der Waals surface area contributed by atoms with Crippen LogP contribution in [-0.2, 0) is 11.8 Å². The largest absolute Gasteiger partial charge is 0.360 e. The van der Waals surface area contributed by atoms with Crippen molar-refractivity contribution >= 4 is 11.7 Å². The maximum atomic E-state index is 10.8. The summed E-state index contributed by atoms with van der Waals surface area (Å²) in [5.74, 6) is 0.654. The number of carbonyl (C=O) groups is 1. The highest BCUT2D eigenvalue weighted by atomic mass is 16.1. The highest BCUT2D eigenvalue weighted by Gasteiger charge is 1.98. The van der Waals surface area contributed by atoms with E-state index >= 15 is 0 Å². The van der Waals surface area contributed by atoms with Gasteiger partial charge in [-0.15, -0.1) is 0 Å². The van der Waals surface area contributed by atoms with Crippen molar-refractivity contribution in [2.24, 2.45) is 7.05 Å². The lowest BCUT2D eigenvalue weighted by molar-refractivity contribution is -0.118. The second-order valence-corrected chi connectivity index (χ2v) is 2.40. The molecular weight excluding hydrogens is 156 g/mol. The normalized spacial score (nSPS) is 9.50. The molecule has 1 aromatic heterocycles. The van der Waals surface area contributed by atoms with Gasteiger partial charge < -0.3 is 10.6 Å². The molecule has 0 aliphatic heterocycles.